The average molecular weight is 202 g/mol. The Morgan fingerprint density at radius 3 is 2.80 bits per heavy atom. The summed E-state index contributed by atoms with van der Waals surface area (Å²) in [6.45, 7) is 2.05. The van der Waals surface area contributed by atoms with Crippen molar-refractivity contribution in [3.8, 4) is 6.07 Å². The molecule has 1 N–H and O–H groups in total. The zero-order valence-electron chi connectivity index (χ0n) is 8.57. The molecule has 3 nitrogen and oxygen atoms in total. The Morgan fingerprint density at radius 2 is 2.20 bits per heavy atom. The predicted octanol–water partition coefficient (Wildman–Crippen LogP) is 1.11. The van der Waals surface area contributed by atoms with Gasteiger partial charge in [-0.05, 0) is 5.56 Å². The molecule has 1 unspecified atom stereocenters. The molecule has 1 aromatic rings. The highest BCUT2D eigenvalue weighted by molar-refractivity contribution is 5.21. The van der Waals surface area contributed by atoms with Crippen molar-refractivity contribution in [2.45, 2.75) is 12.0 Å². The Kier molecular flexibility index (Phi) is 3.00. The van der Waals surface area contributed by atoms with Gasteiger partial charge in [-0.25, -0.2) is 0 Å². The van der Waals surface area contributed by atoms with Crippen LogP contribution in [-0.4, -0.2) is 25.3 Å². The van der Waals surface area contributed by atoms with Crippen LogP contribution in [0.2, 0.25) is 0 Å². The van der Waals surface area contributed by atoms with Crippen LogP contribution >= 0.6 is 0 Å². The highest BCUT2D eigenvalue weighted by atomic mass is 16.5. The van der Waals surface area contributed by atoms with E-state index in [1.165, 1.54) is 0 Å². The Bertz CT molecular complexity index is 350. The van der Waals surface area contributed by atoms with Crippen LogP contribution in [0, 0.1) is 11.3 Å². The normalized spacial score (nSPS) is 25.8. The minimum Gasteiger partial charge on any atom is -0.357 e. The lowest BCUT2D eigenvalue weighted by Gasteiger charge is -2.31. The van der Waals surface area contributed by atoms with Crippen molar-refractivity contribution in [3.63, 3.8) is 0 Å². The smallest absolute Gasteiger partial charge is 0.170 e. The zero-order valence-corrected chi connectivity index (χ0v) is 8.57. The minimum atomic E-state index is -0.681. The average Bonchev–Trinajstić information content (AvgIpc) is 2.32. The van der Waals surface area contributed by atoms with Crippen molar-refractivity contribution >= 4 is 0 Å². The van der Waals surface area contributed by atoms with Gasteiger partial charge in [-0.1, -0.05) is 30.3 Å². The largest absolute Gasteiger partial charge is 0.357 e. The molecule has 2 rings (SSSR count). The van der Waals surface area contributed by atoms with Crippen molar-refractivity contribution in [2.24, 2.45) is 0 Å². The van der Waals surface area contributed by atoms with E-state index in [0.717, 1.165) is 12.1 Å². The van der Waals surface area contributed by atoms with Gasteiger partial charge < -0.3 is 10.1 Å². The molecule has 0 saturated carbocycles. The summed E-state index contributed by atoms with van der Waals surface area (Å²) in [5.41, 5.74) is 0.460. The second kappa shape index (κ2) is 4.43. The number of hydrogen-bond donors (Lipinski definition) is 1. The zero-order chi connectivity index (χ0) is 10.6. The van der Waals surface area contributed by atoms with Gasteiger partial charge in [-0.2, -0.15) is 5.26 Å². The molecule has 1 fully saturated rings. The third-order valence-electron chi connectivity index (χ3n) is 2.60. The first-order valence-electron chi connectivity index (χ1n) is 5.14. The third-order valence-corrected chi connectivity index (χ3v) is 2.60. The van der Waals surface area contributed by atoms with Crippen LogP contribution in [0.3, 0.4) is 0 Å². The van der Waals surface area contributed by atoms with E-state index in [1.807, 2.05) is 30.3 Å². The topological polar surface area (TPSA) is 45.0 Å². The van der Waals surface area contributed by atoms with Crippen molar-refractivity contribution in [3.05, 3.63) is 35.9 Å². The molecule has 1 saturated heterocycles. The fraction of sp³-hybridized carbons (Fsp3) is 0.417. The monoisotopic (exact) mass is 202 g/mol. The fourth-order valence-electron chi connectivity index (χ4n) is 1.81. The molecule has 1 aliphatic rings. The molecule has 1 aliphatic heterocycles. The third kappa shape index (κ3) is 2.35. The number of rotatable bonds is 2. The summed E-state index contributed by atoms with van der Waals surface area (Å²) < 4.78 is 5.60. The molecule has 15 heavy (non-hydrogen) atoms. The van der Waals surface area contributed by atoms with Crippen molar-refractivity contribution in [1.29, 1.82) is 5.26 Å². The molecule has 0 bridgehead atoms. The summed E-state index contributed by atoms with van der Waals surface area (Å²) in [7, 11) is 0. The van der Waals surface area contributed by atoms with Crippen molar-refractivity contribution in [2.75, 3.05) is 19.7 Å². The van der Waals surface area contributed by atoms with Gasteiger partial charge in [0.1, 0.15) is 0 Å². The van der Waals surface area contributed by atoms with Crippen LogP contribution in [0.1, 0.15) is 5.56 Å². The first-order chi connectivity index (χ1) is 7.35. The Labute approximate surface area is 89.7 Å². The number of nitrogens with one attached hydrogen (secondary N) is 1. The lowest BCUT2D eigenvalue weighted by molar-refractivity contribution is -0.0241. The standard InChI is InChI=1S/C12H14N2O/c13-9-12(10-14-6-7-15-12)8-11-4-2-1-3-5-11/h1-5,14H,6-8,10H2. The van der Waals surface area contributed by atoms with E-state index in [9.17, 15) is 5.26 Å². The van der Waals surface area contributed by atoms with Crippen LogP contribution in [0.5, 0.6) is 0 Å². The van der Waals surface area contributed by atoms with Crippen molar-refractivity contribution in [1.82, 2.24) is 5.32 Å². The second-order valence-corrected chi connectivity index (χ2v) is 3.79. The van der Waals surface area contributed by atoms with E-state index in [2.05, 4.69) is 11.4 Å². The molecule has 0 aliphatic carbocycles. The van der Waals surface area contributed by atoms with Crippen LogP contribution < -0.4 is 5.32 Å². The number of hydrogen-bond acceptors (Lipinski definition) is 3. The molecule has 0 aromatic heterocycles. The first kappa shape index (κ1) is 10.2. The number of nitrogens with zero attached hydrogens (tertiary/aromatic N) is 1. The number of benzene rings is 1. The summed E-state index contributed by atoms with van der Waals surface area (Å²) in [4.78, 5) is 0. The SMILES string of the molecule is N#CC1(Cc2ccccc2)CNCCO1. The summed E-state index contributed by atoms with van der Waals surface area (Å²) in [5.74, 6) is 0. The van der Waals surface area contributed by atoms with E-state index < -0.39 is 5.60 Å². The Balaban J connectivity index is 2.12. The maximum absolute atomic E-state index is 9.19. The maximum atomic E-state index is 9.19. The molecule has 0 amide bonds. The molecule has 0 radical (unpaired) electrons. The molecule has 3 heteroatoms. The number of ether oxygens (including phenoxy) is 1. The van der Waals surface area contributed by atoms with E-state index in [4.69, 9.17) is 4.74 Å². The number of morpholine rings is 1. The Morgan fingerprint density at radius 1 is 1.40 bits per heavy atom. The van der Waals surface area contributed by atoms with Gasteiger partial charge in [0, 0.05) is 19.5 Å². The van der Waals surface area contributed by atoms with Gasteiger partial charge in [0.05, 0.1) is 12.7 Å². The van der Waals surface area contributed by atoms with E-state index >= 15 is 0 Å². The quantitative estimate of drug-likeness (QED) is 0.781. The summed E-state index contributed by atoms with van der Waals surface area (Å²) in [6, 6.07) is 12.3. The van der Waals surface area contributed by atoms with Gasteiger partial charge in [-0.3, -0.25) is 0 Å². The van der Waals surface area contributed by atoms with Crippen LogP contribution in [0.15, 0.2) is 30.3 Å². The van der Waals surface area contributed by atoms with E-state index in [0.29, 0.717) is 19.6 Å². The molecule has 78 valence electrons. The van der Waals surface area contributed by atoms with Gasteiger partial charge in [0.2, 0.25) is 0 Å². The second-order valence-electron chi connectivity index (χ2n) is 3.79. The minimum absolute atomic E-state index is 0.610. The fourth-order valence-corrected chi connectivity index (χ4v) is 1.81. The summed E-state index contributed by atoms with van der Waals surface area (Å²) in [6.07, 6.45) is 0.650. The summed E-state index contributed by atoms with van der Waals surface area (Å²) in [5, 5.41) is 12.4. The van der Waals surface area contributed by atoms with Gasteiger partial charge in [0.25, 0.3) is 0 Å². The molecular weight excluding hydrogens is 188 g/mol. The predicted molar refractivity (Wildman–Crippen MR) is 57.3 cm³/mol. The van der Waals surface area contributed by atoms with Crippen LogP contribution in [0.4, 0.5) is 0 Å². The summed E-state index contributed by atoms with van der Waals surface area (Å²) >= 11 is 0. The van der Waals surface area contributed by atoms with Crippen molar-refractivity contribution < 1.29 is 4.74 Å². The maximum Gasteiger partial charge on any atom is 0.170 e. The van der Waals surface area contributed by atoms with Crippen LogP contribution in [0.25, 0.3) is 0 Å². The van der Waals surface area contributed by atoms with Crippen LogP contribution in [-0.2, 0) is 11.2 Å². The van der Waals surface area contributed by atoms with Gasteiger partial charge in [0.15, 0.2) is 5.60 Å². The molecular formula is C12H14N2O. The van der Waals surface area contributed by atoms with E-state index in [1.54, 1.807) is 0 Å². The highest BCUT2D eigenvalue weighted by Crippen LogP contribution is 2.18. The lowest BCUT2D eigenvalue weighted by atomic mass is 9.95. The van der Waals surface area contributed by atoms with E-state index in [-0.39, 0.29) is 0 Å². The molecule has 1 aromatic carbocycles. The Hall–Kier alpha value is -1.37. The highest BCUT2D eigenvalue weighted by Gasteiger charge is 2.33. The molecule has 1 heterocycles. The molecule has 0 spiro atoms. The van der Waals surface area contributed by atoms with Gasteiger partial charge in [-0.15, -0.1) is 0 Å². The molecule has 1 atom stereocenters. The van der Waals surface area contributed by atoms with Gasteiger partial charge >= 0.3 is 0 Å². The first-order valence-corrected chi connectivity index (χ1v) is 5.14. The number of nitriles is 1. The lowest BCUT2D eigenvalue weighted by Crippen LogP contribution is -2.50.